The van der Waals surface area contributed by atoms with Crippen LogP contribution in [-0.4, -0.2) is 33.3 Å². The molecule has 3 aromatic rings. The highest BCUT2D eigenvalue weighted by Crippen LogP contribution is 2.25. The average Bonchev–Trinajstić information content (AvgIpc) is 2.80. The van der Waals surface area contributed by atoms with Gasteiger partial charge < -0.3 is 10.2 Å². The number of aromatic nitrogens is 2. The summed E-state index contributed by atoms with van der Waals surface area (Å²) in [6.07, 6.45) is 4.51. The number of unbranched alkanes of at least 4 members (excludes halogenated alkanes) is 1. The lowest BCUT2D eigenvalue weighted by Gasteiger charge is -2.32. The monoisotopic (exact) mass is 438 g/mol. The molecule has 7 heteroatoms. The van der Waals surface area contributed by atoms with Crippen LogP contribution in [0.15, 0.2) is 58.2 Å². The molecule has 0 radical (unpaired) electrons. The number of nitrogens with zero attached hydrogens (tertiary/aromatic N) is 3. The van der Waals surface area contributed by atoms with E-state index in [9.17, 15) is 9.59 Å². The first-order valence-corrected chi connectivity index (χ1v) is 11.9. The van der Waals surface area contributed by atoms with Crippen LogP contribution in [0.3, 0.4) is 0 Å². The Hall–Kier alpha value is -2.80. The molecule has 164 valence electrons. The first-order chi connectivity index (χ1) is 15.0. The molecule has 31 heavy (non-hydrogen) atoms. The summed E-state index contributed by atoms with van der Waals surface area (Å²) >= 11 is 1.66. The maximum absolute atomic E-state index is 13.3. The van der Waals surface area contributed by atoms with Gasteiger partial charge in [0, 0.05) is 24.2 Å². The Kier molecular flexibility index (Phi) is 7.74. The Morgan fingerprint density at radius 3 is 2.52 bits per heavy atom. The minimum Gasteiger partial charge on any atom is -0.314 e. The number of thioether (sulfide) groups is 1. The largest absolute Gasteiger partial charge is 0.322 e. The molecule has 2 amide bonds. The van der Waals surface area contributed by atoms with Crippen LogP contribution >= 0.6 is 11.8 Å². The molecule has 0 saturated carbocycles. The molecular formula is C24H30N4O2S. The smallest absolute Gasteiger partial charge is 0.314 e. The van der Waals surface area contributed by atoms with E-state index in [4.69, 9.17) is 4.98 Å². The van der Waals surface area contributed by atoms with Crippen LogP contribution in [0.4, 0.5) is 10.5 Å². The van der Waals surface area contributed by atoms with Gasteiger partial charge in [-0.25, -0.2) is 9.78 Å². The van der Waals surface area contributed by atoms with Crippen molar-refractivity contribution >= 4 is 34.4 Å². The van der Waals surface area contributed by atoms with Crippen LogP contribution in [0.1, 0.15) is 45.0 Å². The van der Waals surface area contributed by atoms with Gasteiger partial charge in [-0.3, -0.25) is 9.36 Å². The van der Waals surface area contributed by atoms with Crippen LogP contribution in [0.2, 0.25) is 0 Å². The second-order valence-electron chi connectivity index (χ2n) is 7.48. The average molecular weight is 439 g/mol. The topological polar surface area (TPSA) is 67.2 Å². The van der Waals surface area contributed by atoms with Gasteiger partial charge in [0.2, 0.25) is 0 Å². The summed E-state index contributed by atoms with van der Waals surface area (Å²) in [6.45, 7) is 4.71. The lowest BCUT2D eigenvalue weighted by molar-refractivity contribution is 0.179. The number of para-hydroxylation sites is 1. The van der Waals surface area contributed by atoms with Crippen molar-refractivity contribution < 1.29 is 4.79 Å². The number of fused-ring (bicyclic) bond motifs is 1. The minimum atomic E-state index is -0.306. The highest BCUT2D eigenvalue weighted by molar-refractivity contribution is 7.98. The van der Waals surface area contributed by atoms with E-state index in [2.05, 4.69) is 12.2 Å². The second-order valence-corrected chi connectivity index (χ2v) is 8.36. The van der Waals surface area contributed by atoms with E-state index in [-0.39, 0.29) is 17.6 Å². The van der Waals surface area contributed by atoms with Gasteiger partial charge in [0.1, 0.15) is 5.82 Å². The van der Waals surface area contributed by atoms with Crippen molar-refractivity contribution in [3.05, 3.63) is 64.7 Å². The molecule has 0 aliphatic rings. The molecule has 0 aliphatic carbocycles. The van der Waals surface area contributed by atoms with Gasteiger partial charge >= 0.3 is 6.03 Å². The molecule has 6 nitrogen and oxygen atoms in total. The van der Waals surface area contributed by atoms with Crippen LogP contribution < -0.4 is 10.9 Å². The zero-order valence-corrected chi connectivity index (χ0v) is 19.4. The highest BCUT2D eigenvalue weighted by Gasteiger charge is 2.27. The third kappa shape index (κ3) is 5.10. The number of nitrogens with one attached hydrogen (secondary N) is 1. The number of anilines is 1. The maximum Gasteiger partial charge on any atom is 0.322 e. The van der Waals surface area contributed by atoms with Gasteiger partial charge in [-0.15, -0.1) is 11.8 Å². The van der Waals surface area contributed by atoms with Crippen molar-refractivity contribution in [1.29, 1.82) is 0 Å². The molecule has 1 unspecified atom stereocenters. The molecule has 1 N–H and O–H groups in total. The lowest BCUT2D eigenvalue weighted by Crippen LogP contribution is -2.41. The van der Waals surface area contributed by atoms with Crippen LogP contribution in [0.25, 0.3) is 10.9 Å². The second kappa shape index (κ2) is 10.5. The maximum atomic E-state index is 13.3. The van der Waals surface area contributed by atoms with E-state index in [1.54, 1.807) is 29.4 Å². The Labute approximate surface area is 187 Å². The van der Waals surface area contributed by atoms with Crippen LogP contribution in [-0.2, 0) is 7.05 Å². The third-order valence-electron chi connectivity index (χ3n) is 5.43. The number of rotatable bonds is 8. The standard InChI is InChI=1S/C24H30N4O2S/c1-5-7-16-28(24(30)25-17-12-14-18(31-4)15-13-17)21(6-2)22-26-20-11-9-8-10-19(20)23(29)27(22)3/h8-15,21H,5-7,16H2,1-4H3,(H,25,30). The minimum absolute atomic E-state index is 0.0949. The number of carbonyl (C=O) groups excluding carboxylic acids is 1. The molecule has 1 heterocycles. The molecule has 1 aromatic heterocycles. The first-order valence-electron chi connectivity index (χ1n) is 10.7. The Morgan fingerprint density at radius 2 is 1.87 bits per heavy atom. The SMILES string of the molecule is CCCCN(C(=O)Nc1ccc(SC)cc1)C(CC)c1nc2ccccc2c(=O)n1C. The first kappa shape index (κ1) is 22.9. The number of amides is 2. The summed E-state index contributed by atoms with van der Waals surface area (Å²) in [7, 11) is 1.73. The fourth-order valence-electron chi connectivity index (χ4n) is 3.67. The van der Waals surface area contributed by atoms with Gasteiger partial charge in [0.25, 0.3) is 5.56 Å². The molecule has 0 aliphatic heterocycles. The van der Waals surface area contributed by atoms with Gasteiger partial charge in [-0.05, 0) is 55.5 Å². The molecule has 3 rings (SSSR count). The van der Waals surface area contributed by atoms with E-state index < -0.39 is 0 Å². The van der Waals surface area contributed by atoms with Crippen molar-refractivity contribution in [2.75, 3.05) is 18.1 Å². The number of urea groups is 1. The molecule has 0 bridgehead atoms. The van der Waals surface area contributed by atoms with Gasteiger partial charge in [-0.1, -0.05) is 32.4 Å². The van der Waals surface area contributed by atoms with Crippen molar-refractivity contribution in [1.82, 2.24) is 14.5 Å². The summed E-state index contributed by atoms with van der Waals surface area (Å²) < 4.78 is 1.58. The van der Waals surface area contributed by atoms with E-state index in [0.717, 1.165) is 23.4 Å². The predicted octanol–water partition coefficient (Wildman–Crippen LogP) is 5.44. The Balaban J connectivity index is 1.97. The van der Waals surface area contributed by atoms with E-state index in [0.29, 0.717) is 29.7 Å². The summed E-state index contributed by atoms with van der Waals surface area (Å²) in [5, 5.41) is 3.61. The summed E-state index contributed by atoms with van der Waals surface area (Å²) in [5.41, 5.74) is 1.31. The Bertz CT molecular complexity index is 1090. The van der Waals surface area contributed by atoms with Gasteiger partial charge in [-0.2, -0.15) is 0 Å². The van der Waals surface area contributed by atoms with Crippen molar-refractivity contribution in [2.24, 2.45) is 7.05 Å². The third-order valence-corrected chi connectivity index (χ3v) is 6.18. The number of hydrogen-bond donors (Lipinski definition) is 1. The number of hydrogen-bond acceptors (Lipinski definition) is 4. The summed E-state index contributed by atoms with van der Waals surface area (Å²) in [6, 6.07) is 14.7. The van der Waals surface area contributed by atoms with Crippen molar-refractivity contribution in [3.8, 4) is 0 Å². The fraction of sp³-hybridized carbons (Fsp3) is 0.375. The van der Waals surface area contributed by atoms with Crippen LogP contribution in [0, 0.1) is 0 Å². The summed E-state index contributed by atoms with van der Waals surface area (Å²) in [4.78, 5) is 34.0. The zero-order chi connectivity index (χ0) is 22.4. The molecule has 2 aromatic carbocycles. The van der Waals surface area contributed by atoms with Crippen molar-refractivity contribution in [3.63, 3.8) is 0 Å². The predicted molar refractivity (Wildman–Crippen MR) is 129 cm³/mol. The number of benzene rings is 2. The molecule has 0 spiro atoms. The van der Waals surface area contributed by atoms with Crippen molar-refractivity contribution in [2.45, 2.75) is 44.0 Å². The highest BCUT2D eigenvalue weighted by atomic mass is 32.2. The molecule has 1 atom stereocenters. The lowest BCUT2D eigenvalue weighted by atomic mass is 10.1. The normalized spacial score (nSPS) is 12.0. The van der Waals surface area contributed by atoms with E-state index in [1.807, 2.05) is 60.5 Å². The van der Waals surface area contributed by atoms with Gasteiger partial charge in [0.05, 0.1) is 16.9 Å². The number of carbonyl (C=O) groups is 1. The molecular weight excluding hydrogens is 408 g/mol. The van der Waals surface area contributed by atoms with E-state index in [1.165, 1.54) is 0 Å². The zero-order valence-electron chi connectivity index (χ0n) is 18.6. The Morgan fingerprint density at radius 1 is 1.16 bits per heavy atom. The summed E-state index contributed by atoms with van der Waals surface area (Å²) in [5.74, 6) is 0.607. The molecule has 0 fully saturated rings. The van der Waals surface area contributed by atoms with Gasteiger partial charge in [0.15, 0.2) is 0 Å². The quantitative estimate of drug-likeness (QED) is 0.476. The fourth-order valence-corrected chi connectivity index (χ4v) is 4.08. The molecule has 0 saturated heterocycles. The van der Waals surface area contributed by atoms with E-state index >= 15 is 0 Å². The van der Waals surface area contributed by atoms with Crippen LogP contribution in [0.5, 0.6) is 0 Å².